The Kier molecular flexibility index (Phi) is 6.01. The maximum absolute atomic E-state index is 8.25. The van der Waals surface area contributed by atoms with Crippen molar-refractivity contribution < 1.29 is 10.1 Å². The van der Waals surface area contributed by atoms with Gasteiger partial charge in [0.1, 0.15) is 5.69 Å². The summed E-state index contributed by atoms with van der Waals surface area (Å²) in [5, 5.41) is 14.8. The highest BCUT2D eigenvalue weighted by molar-refractivity contribution is 5.53. The van der Waals surface area contributed by atoms with Gasteiger partial charge in [-0.1, -0.05) is 41.5 Å². The zero-order chi connectivity index (χ0) is 18.5. The van der Waals surface area contributed by atoms with E-state index in [4.69, 9.17) is 15.3 Å². The molecule has 0 aliphatic carbocycles. The second-order valence-electron chi connectivity index (χ2n) is 7.64. The van der Waals surface area contributed by atoms with Crippen molar-refractivity contribution in [3.63, 3.8) is 0 Å². The lowest BCUT2D eigenvalue weighted by atomic mass is 9.86. The van der Waals surface area contributed by atoms with Gasteiger partial charge in [-0.15, -0.1) is 0 Å². The van der Waals surface area contributed by atoms with Crippen LogP contribution in [0.2, 0.25) is 0 Å². The Hall–Kier alpha value is -2.50. The van der Waals surface area contributed by atoms with Crippen molar-refractivity contribution in [2.45, 2.75) is 52.4 Å². The molecule has 0 amide bonds. The molecular formula is C18H25N3O3. The van der Waals surface area contributed by atoms with E-state index in [0.29, 0.717) is 0 Å². The van der Waals surface area contributed by atoms with E-state index in [1.54, 1.807) is 0 Å². The monoisotopic (exact) mass is 331 g/mol. The average molecular weight is 331 g/mol. The van der Waals surface area contributed by atoms with Crippen LogP contribution in [0.4, 0.5) is 0 Å². The van der Waals surface area contributed by atoms with Crippen LogP contribution in [0.25, 0.3) is 11.4 Å². The first kappa shape index (κ1) is 19.5. The lowest BCUT2D eigenvalue weighted by Crippen LogP contribution is -2.16. The number of aromatic nitrogens is 2. The van der Waals surface area contributed by atoms with Gasteiger partial charge in [0.15, 0.2) is 6.20 Å². The Morgan fingerprint density at radius 2 is 1.46 bits per heavy atom. The van der Waals surface area contributed by atoms with Crippen LogP contribution in [-0.4, -0.2) is 10.1 Å². The molecule has 24 heavy (non-hydrogen) atoms. The quantitative estimate of drug-likeness (QED) is 0.584. The van der Waals surface area contributed by atoms with Gasteiger partial charge in [-0.25, -0.2) is 9.97 Å². The predicted octanol–water partition coefficient (Wildman–Crippen LogP) is 3.92. The van der Waals surface area contributed by atoms with Gasteiger partial charge in [0.2, 0.25) is 5.69 Å². The fourth-order valence-electron chi connectivity index (χ4n) is 2.13. The third-order valence-electron chi connectivity index (χ3n) is 3.57. The Balaban J connectivity index is 0.000000648. The van der Waals surface area contributed by atoms with E-state index < -0.39 is 5.09 Å². The minimum absolute atomic E-state index is 0.138. The van der Waals surface area contributed by atoms with E-state index in [9.17, 15) is 0 Å². The van der Waals surface area contributed by atoms with Crippen molar-refractivity contribution in [1.29, 1.82) is 0 Å². The van der Waals surface area contributed by atoms with E-state index in [-0.39, 0.29) is 10.8 Å². The average Bonchev–Trinajstić information content (AvgIpc) is 2.45. The van der Waals surface area contributed by atoms with Crippen molar-refractivity contribution in [2.24, 2.45) is 0 Å². The summed E-state index contributed by atoms with van der Waals surface area (Å²) in [6.07, 6.45) is 3.90. The molecule has 2 heterocycles. The standard InChI is InChI=1S/C18H24N2.NO3/c1-17(2,3)13-7-9-19-15(11-13)16-12-14(8-10-20-16)18(4,5)6;2-1(3)4/h7-12H,1-6H3;/q;-1/p+1. The molecule has 0 saturated heterocycles. The topological polar surface area (TPSA) is 93.2 Å². The van der Waals surface area contributed by atoms with Gasteiger partial charge in [0.05, 0.1) is 5.09 Å². The largest absolute Gasteiger partial charge is 0.356 e. The minimum atomic E-state index is -1.75. The summed E-state index contributed by atoms with van der Waals surface area (Å²) in [4.78, 5) is 16.1. The molecule has 6 nitrogen and oxygen atoms in total. The SMILES string of the molecule is CC(C)(C)c1ccnc(-c2cc(C(C)(C)C)cc[nH+]2)c1.O=[N+]([O-])[O-]. The molecule has 0 unspecified atom stereocenters. The van der Waals surface area contributed by atoms with E-state index in [2.05, 4.69) is 75.8 Å². The zero-order valence-electron chi connectivity index (χ0n) is 15.1. The van der Waals surface area contributed by atoms with Crippen molar-refractivity contribution in [3.05, 3.63) is 63.1 Å². The first-order valence-electron chi connectivity index (χ1n) is 7.72. The maximum Gasteiger partial charge on any atom is 0.229 e. The number of nitrogens with one attached hydrogen (secondary N) is 1. The summed E-state index contributed by atoms with van der Waals surface area (Å²) < 4.78 is 0. The predicted molar refractivity (Wildman–Crippen MR) is 94.0 cm³/mol. The molecule has 2 aromatic rings. The number of hydrogen-bond donors (Lipinski definition) is 0. The van der Waals surface area contributed by atoms with Crippen LogP contribution in [0, 0.1) is 15.3 Å². The number of pyridine rings is 2. The van der Waals surface area contributed by atoms with Gasteiger partial charge < -0.3 is 15.3 Å². The Morgan fingerprint density at radius 3 is 1.96 bits per heavy atom. The van der Waals surface area contributed by atoms with Crippen LogP contribution in [0.3, 0.4) is 0 Å². The molecule has 2 aromatic heterocycles. The minimum Gasteiger partial charge on any atom is -0.356 e. The van der Waals surface area contributed by atoms with Crippen LogP contribution in [0.5, 0.6) is 0 Å². The maximum atomic E-state index is 8.25. The first-order chi connectivity index (χ1) is 10.9. The smallest absolute Gasteiger partial charge is 0.229 e. The van der Waals surface area contributed by atoms with Crippen LogP contribution in [0.15, 0.2) is 36.7 Å². The van der Waals surface area contributed by atoms with E-state index in [1.807, 2.05) is 12.4 Å². The van der Waals surface area contributed by atoms with Gasteiger partial charge in [0.25, 0.3) is 0 Å². The number of rotatable bonds is 1. The molecule has 0 atom stereocenters. The second-order valence-corrected chi connectivity index (χ2v) is 7.64. The fourth-order valence-corrected chi connectivity index (χ4v) is 2.13. The molecule has 1 N–H and O–H groups in total. The summed E-state index contributed by atoms with van der Waals surface area (Å²) in [6, 6.07) is 8.61. The molecule has 0 saturated carbocycles. The molecule has 0 bridgehead atoms. The van der Waals surface area contributed by atoms with E-state index in [0.717, 1.165) is 11.4 Å². The van der Waals surface area contributed by atoms with Gasteiger partial charge >= 0.3 is 0 Å². The molecule has 0 fully saturated rings. The van der Waals surface area contributed by atoms with Gasteiger partial charge in [-0.3, -0.25) is 0 Å². The molecule has 0 aromatic carbocycles. The Bertz CT molecular complexity index is 642. The molecule has 130 valence electrons. The molecule has 0 spiro atoms. The van der Waals surface area contributed by atoms with Crippen LogP contribution >= 0.6 is 0 Å². The number of hydrogen-bond acceptors (Lipinski definition) is 4. The van der Waals surface area contributed by atoms with Gasteiger partial charge in [-0.05, 0) is 34.1 Å². The Labute approximate surface area is 142 Å². The lowest BCUT2D eigenvalue weighted by molar-refractivity contribution is -0.402. The fraction of sp³-hybridized carbons (Fsp3) is 0.444. The van der Waals surface area contributed by atoms with Crippen molar-refractivity contribution in [1.82, 2.24) is 4.98 Å². The summed E-state index contributed by atoms with van der Waals surface area (Å²) in [5.41, 5.74) is 4.98. The molecular weight excluding hydrogens is 306 g/mol. The lowest BCUT2D eigenvalue weighted by Gasteiger charge is -2.19. The van der Waals surface area contributed by atoms with E-state index in [1.165, 1.54) is 11.1 Å². The molecule has 2 rings (SSSR count). The van der Waals surface area contributed by atoms with Crippen LogP contribution < -0.4 is 4.98 Å². The van der Waals surface area contributed by atoms with Gasteiger partial charge in [-0.2, -0.15) is 0 Å². The molecule has 0 aliphatic rings. The second kappa shape index (κ2) is 7.38. The molecule has 0 aliphatic heterocycles. The normalized spacial score (nSPS) is 11.4. The number of H-pyrrole nitrogens is 1. The highest BCUT2D eigenvalue weighted by atomic mass is 16.9. The van der Waals surface area contributed by atoms with Crippen molar-refractivity contribution in [2.75, 3.05) is 0 Å². The van der Waals surface area contributed by atoms with E-state index >= 15 is 0 Å². The Morgan fingerprint density at radius 1 is 0.958 bits per heavy atom. The third kappa shape index (κ3) is 5.95. The summed E-state index contributed by atoms with van der Waals surface area (Å²) in [6.45, 7) is 13.4. The molecule has 0 radical (unpaired) electrons. The first-order valence-corrected chi connectivity index (χ1v) is 7.72. The molecule has 6 heteroatoms. The highest BCUT2D eigenvalue weighted by Crippen LogP contribution is 2.27. The van der Waals surface area contributed by atoms with Crippen LogP contribution in [-0.2, 0) is 10.8 Å². The number of nitrogens with zero attached hydrogens (tertiary/aromatic N) is 2. The van der Waals surface area contributed by atoms with Crippen LogP contribution in [0.1, 0.15) is 52.7 Å². The van der Waals surface area contributed by atoms with Crippen molar-refractivity contribution >= 4 is 0 Å². The van der Waals surface area contributed by atoms with Crippen molar-refractivity contribution in [3.8, 4) is 11.4 Å². The summed E-state index contributed by atoms with van der Waals surface area (Å²) >= 11 is 0. The van der Waals surface area contributed by atoms with Gasteiger partial charge in [0, 0.05) is 18.3 Å². The zero-order valence-corrected chi connectivity index (χ0v) is 15.1. The highest BCUT2D eigenvalue weighted by Gasteiger charge is 2.19. The summed E-state index contributed by atoms with van der Waals surface area (Å²) in [7, 11) is 0. The number of aromatic amines is 1. The third-order valence-corrected chi connectivity index (χ3v) is 3.57. The summed E-state index contributed by atoms with van der Waals surface area (Å²) in [5.74, 6) is 0.